The van der Waals surface area contributed by atoms with Gasteiger partial charge < -0.3 is 4.90 Å². The smallest absolute Gasteiger partial charge is 0.273 e. The monoisotopic (exact) mass is 378 g/mol. The second-order valence-corrected chi connectivity index (χ2v) is 9.66. The van der Waals surface area contributed by atoms with Crippen LogP contribution in [0.3, 0.4) is 0 Å². The maximum absolute atomic E-state index is 12.8. The van der Waals surface area contributed by atoms with Crippen molar-refractivity contribution >= 4 is 33.0 Å². The lowest BCUT2D eigenvalue weighted by Crippen LogP contribution is -2.28. The lowest BCUT2D eigenvalue weighted by molar-refractivity contribution is -0.129. The van der Waals surface area contributed by atoms with Crippen LogP contribution in [0.1, 0.15) is 23.3 Å². The largest absolute Gasteiger partial charge is 0.342 e. The highest BCUT2D eigenvalue weighted by Crippen LogP contribution is 2.28. The second kappa shape index (κ2) is 7.17. The van der Waals surface area contributed by atoms with E-state index >= 15 is 0 Å². The van der Waals surface area contributed by atoms with Crippen LogP contribution in [0.4, 0.5) is 5.69 Å². The fourth-order valence-electron chi connectivity index (χ4n) is 2.92. The summed E-state index contributed by atoms with van der Waals surface area (Å²) in [5.41, 5.74) is 1.63. The van der Waals surface area contributed by atoms with Crippen LogP contribution in [0.2, 0.25) is 0 Å². The highest BCUT2D eigenvalue weighted by molar-refractivity contribution is 7.94. The first-order valence-corrected chi connectivity index (χ1v) is 10.6. The Kier molecular flexibility index (Phi) is 5.15. The molecule has 1 fully saturated rings. The van der Waals surface area contributed by atoms with Gasteiger partial charge in [-0.2, -0.15) is 0 Å². The molecule has 1 aromatic heterocycles. The standard InChI is InChI=1S/C18H22N2O3S2/c1-14-6-5-7-15(12-14)19(2)25(22,23)18-9-8-16(24-18)13-17(21)20-10-3-4-11-20/h5-9,12H,3-4,10-11,13H2,1-2H3. The summed E-state index contributed by atoms with van der Waals surface area (Å²) in [7, 11) is -2.06. The van der Waals surface area contributed by atoms with E-state index in [1.807, 2.05) is 30.0 Å². The number of benzene rings is 1. The molecule has 0 aliphatic carbocycles. The van der Waals surface area contributed by atoms with Crippen LogP contribution in [0, 0.1) is 6.92 Å². The number of amides is 1. The predicted molar refractivity (Wildman–Crippen MR) is 101 cm³/mol. The van der Waals surface area contributed by atoms with Gasteiger partial charge in [-0.1, -0.05) is 12.1 Å². The Balaban J connectivity index is 1.77. The number of hydrogen-bond donors (Lipinski definition) is 0. The van der Waals surface area contributed by atoms with E-state index in [9.17, 15) is 13.2 Å². The van der Waals surface area contributed by atoms with Crippen LogP contribution >= 0.6 is 11.3 Å². The molecule has 0 radical (unpaired) electrons. The number of carbonyl (C=O) groups is 1. The first kappa shape index (κ1) is 17.9. The minimum Gasteiger partial charge on any atom is -0.342 e. The number of carbonyl (C=O) groups excluding carboxylic acids is 1. The fraction of sp³-hybridized carbons (Fsp3) is 0.389. The number of anilines is 1. The first-order chi connectivity index (χ1) is 11.9. The highest BCUT2D eigenvalue weighted by Gasteiger charge is 2.25. The highest BCUT2D eigenvalue weighted by atomic mass is 32.2. The summed E-state index contributed by atoms with van der Waals surface area (Å²) < 4.78 is 27.2. The molecule has 1 aliphatic heterocycles. The van der Waals surface area contributed by atoms with Gasteiger partial charge in [0.1, 0.15) is 4.21 Å². The molecule has 7 heteroatoms. The Morgan fingerprint density at radius 3 is 2.60 bits per heavy atom. The van der Waals surface area contributed by atoms with Crippen molar-refractivity contribution in [3.63, 3.8) is 0 Å². The van der Waals surface area contributed by atoms with E-state index in [4.69, 9.17) is 0 Å². The number of likely N-dealkylation sites (tertiary alicyclic amines) is 1. The molecule has 2 heterocycles. The third-order valence-electron chi connectivity index (χ3n) is 4.40. The predicted octanol–water partition coefficient (Wildman–Crippen LogP) is 3.05. The fourth-order valence-corrected chi connectivity index (χ4v) is 5.62. The van der Waals surface area contributed by atoms with Crippen LogP contribution in [0.5, 0.6) is 0 Å². The molecule has 0 spiro atoms. The van der Waals surface area contributed by atoms with Gasteiger partial charge in [0.15, 0.2) is 0 Å². The molecule has 0 unspecified atom stereocenters. The lowest BCUT2D eigenvalue weighted by Gasteiger charge is -2.18. The van der Waals surface area contributed by atoms with Crippen molar-refractivity contribution in [3.8, 4) is 0 Å². The van der Waals surface area contributed by atoms with Gasteiger partial charge in [0.2, 0.25) is 5.91 Å². The van der Waals surface area contributed by atoms with Crippen molar-refractivity contribution in [3.05, 3.63) is 46.8 Å². The number of sulfonamides is 1. The third kappa shape index (κ3) is 3.88. The zero-order chi connectivity index (χ0) is 18.0. The molecule has 1 amide bonds. The van der Waals surface area contributed by atoms with Crippen LogP contribution in [-0.4, -0.2) is 39.4 Å². The van der Waals surface area contributed by atoms with Crippen molar-refractivity contribution in [1.29, 1.82) is 0 Å². The van der Waals surface area contributed by atoms with Crippen LogP contribution in [-0.2, 0) is 21.2 Å². The quantitative estimate of drug-likeness (QED) is 0.803. The average molecular weight is 379 g/mol. The Morgan fingerprint density at radius 2 is 1.92 bits per heavy atom. The van der Waals surface area contributed by atoms with Crippen LogP contribution in [0.15, 0.2) is 40.6 Å². The number of thiophene rings is 1. The zero-order valence-corrected chi connectivity index (χ0v) is 16.1. The van der Waals surface area contributed by atoms with E-state index < -0.39 is 10.0 Å². The molecular formula is C18H22N2O3S2. The maximum atomic E-state index is 12.8. The Bertz CT molecular complexity index is 868. The van der Waals surface area contributed by atoms with Gasteiger partial charge in [0, 0.05) is 25.0 Å². The van der Waals surface area contributed by atoms with Crippen molar-refractivity contribution in [2.45, 2.75) is 30.4 Å². The molecule has 0 atom stereocenters. The van der Waals surface area contributed by atoms with Crippen LogP contribution < -0.4 is 4.31 Å². The van der Waals surface area contributed by atoms with Crippen molar-refractivity contribution in [2.24, 2.45) is 0 Å². The lowest BCUT2D eigenvalue weighted by atomic mass is 10.2. The summed E-state index contributed by atoms with van der Waals surface area (Å²) in [4.78, 5) is 14.9. The SMILES string of the molecule is Cc1cccc(N(C)S(=O)(=O)c2ccc(CC(=O)N3CCCC3)s2)c1. The molecular weight excluding hydrogens is 356 g/mol. The summed E-state index contributed by atoms with van der Waals surface area (Å²) in [6.07, 6.45) is 2.38. The third-order valence-corrected chi connectivity index (χ3v) is 7.74. The molecule has 1 aromatic carbocycles. The molecule has 1 aliphatic rings. The van der Waals surface area contributed by atoms with Gasteiger partial charge in [0.05, 0.1) is 12.1 Å². The van der Waals surface area contributed by atoms with E-state index in [0.29, 0.717) is 5.69 Å². The van der Waals surface area contributed by atoms with E-state index in [1.165, 1.54) is 15.6 Å². The normalized spacial score (nSPS) is 14.7. The summed E-state index contributed by atoms with van der Waals surface area (Å²) in [6, 6.07) is 10.7. The first-order valence-electron chi connectivity index (χ1n) is 8.30. The molecule has 25 heavy (non-hydrogen) atoms. The van der Waals surface area contributed by atoms with E-state index in [2.05, 4.69) is 0 Å². The summed E-state index contributed by atoms with van der Waals surface area (Å²) in [5, 5.41) is 0. The molecule has 0 bridgehead atoms. The van der Waals surface area contributed by atoms with Gasteiger partial charge >= 0.3 is 0 Å². The van der Waals surface area contributed by atoms with E-state index in [0.717, 1.165) is 36.4 Å². The van der Waals surface area contributed by atoms with Crippen molar-refractivity contribution < 1.29 is 13.2 Å². The van der Waals surface area contributed by atoms with E-state index in [-0.39, 0.29) is 16.5 Å². The molecule has 3 rings (SSSR count). The zero-order valence-electron chi connectivity index (χ0n) is 14.4. The van der Waals surface area contributed by atoms with Crippen molar-refractivity contribution in [1.82, 2.24) is 4.90 Å². The summed E-state index contributed by atoms with van der Waals surface area (Å²) in [6.45, 7) is 3.55. The Morgan fingerprint density at radius 1 is 1.20 bits per heavy atom. The molecule has 2 aromatic rings. The van der Waals surface area contributed by atoms with Gasteiger partial charge in [-0.15, -0.1) is 11.3 Å². The van der Waals surface area contributed by atoms with Gasteiger partial charge in [-0.3, -0.25) is 9.10 Å². The van der Waals surface area contributed by atoms with Crippen LogP contribution in [0.25, 0.3) is 0 Å². The Hall–Kier alpha value is -1.86. The van der Waals surface area contributed by atoms with Gasteiger partial charge in [-0.25, -0.2) is 8.42 Å². The topological polar surface area (TPSA) is 57.7 Å². The number of rotatable bonds is 5. The molecule has 1 saturated heterocycles. The molecule has 0 saturated carbocycles. The average Bonchev–Trinajstić information content (AvgIpc) is 3.26. The van der Waals surface area contributed by atoms with Gasteiger partial charge in [-0.05, 0) is 49.6 Å². The summed E-state index contributed by atoms with van der Waals surface area (Å²) >= 11 is 1.18. The number of aryl methyl sites for hydroxylation is 1. The number of nitrogens with zero attached hydrogens (tertiary/aromatic N) is 2. The molecule has 0 N–H and O–H groups in total. The Labute approximate surface area is 152 Å². The molecule has 134 valence electrons. The molecule has 5 nitrogen and oxygen atoms in total. The minimum atomic E-state index is -3.62. The minimum absolute atomic E-state index is 0.0790. The van der Waals surface area contributed by atoms with Crippen molar-refractivity contribution in [2.75, 3.05) is 24.4 Å². The summed E-state index contributed by atoms with van der Waals surface area (Å²) in [5.74, 6) is 0.0790. The van der Waals surface area contributed by atoms with Gasteiger partial charge in [0.25, 0.3) is 10.0 Å². The van der Waals surface area contributed by atoms with E-state index in [1.54, 1.807) is 25.2 Å². The maximum Gasteiger partial charge on any atom is 0.273 e. The number of hydrogen-bond acceptors (Lipinski definition) is 4. The second-order valence-electron chi connectivity index (χ2n) is 6.30.